The summed E-state index contributed by atoms with van der Waals surface area (Å²) in [6.07, 6.45) is -1.12. The zero-order chi connectivity index (χ0) is 10.0. The van der Waals surface area contributed by atoms with Crippen molar-refractivity contribution in [3.63, 3.8) is 0 Å². The van der Waals surface area contributed by atoms with Crippen LogP contribution in [0.25, 0.3) is 0 Å². The Morgan fingerprint density at radius 2 is 2.23 bits per heavy atom. The van der Waals surface area contributed by atoms with Gasteiger partial charge in [-0.3, -0.25) is 0 Å². The molecule has 0 aliphatic rings. The molecular weight excluding hydrogens is 378 g/mol. The van der Waals surface area contributed by atoms with Crippen molar-refractivity contribution in [1.29, 1.82) is 0 Å². The van der Waals surface area contributed by atoms with Crippen molar-refractivity contribution in [2.75, 3.05) is 0 Å². The van der Waals surface area contributed by atoms with Crippen LogP contribution in [-0.4, -0.2) is 4.98 Å². The molecule has 72 valence electrons. The lowest BCUT2D eigenvalue weighted by molar-refractivity contribution is 0.149. The van der Waals surface area contributed by atoms with Gasteiger partial charge in [0.15, 0.2) is 0 Å². The lowest BCUT2D eigenvalue weighted by atomic mass is 10.2. The van der Waals surface area contributed by atoms with Gasteiger partial charge in [0.1, 0.15) is 4.60 Å². The second-order valence-corrected chi connectivity index (χ2v) is 4.40. The number of aromatic nitrogens is 1. The average Bonchev–Trinajstić information content (AvgIpc) is 2.07. The predicted molar refractivity (Wildman–Crippen MR) is 59.2 cm³/mol. The number of halogens is 5. The Morgan fingerprint density at radius 3 is 2.62 bits per heavy atom. The second kappa shape index (κ2) is 4.84. The van der Waals surface area contributed by atoms with Gasteiger partial charge < -0.3 is 0 Å². The van der Waals surface area contributed by atoms with E-state index in [1.54, 1.807) is 0 Å². The van der Waals surface area contributed by atoms with Crippen LogP contribution in [0.4, 0.5) is 8.78 Å². The molecule has 0 atom stereocenters. The summed E-state index contributed by atoms with van der Waals surface area (Å²) in [7, 11) is 0. The van der Waals surface area contributed by atoms with E-state index in [2.05, 4.69) is 20.9 Å². The van der Waals surface area contributed by atoms with E-state index in [4.69, 9.17) is 11.6 Å². The molecule has 6 heteroatoms. The maximum absolute atomic E-state index is 12.5. The summed E-state index contributed by atoms with van der Waals surface area (Å²) >= 11 is 10.4. The highest BCUT2D eigenvalue weighted by Crippen LogP contribution is 2.32. The molecule has 0 bridgehead atoms. The first-order valence-electron chi connectivity index (χ1n) is 3.24. The molecule has 0 aliphatic carbocycles. The van der Waals surface area contributed by atoms with Crippen LogP contribution in [0.2, 0.25) is 0 Å². The van der Waals surface area contributed by atoms with Crippen LogP contribution < -0.4 is 0 Å². The molecule has 0 aliphatic heterocycles. The van der Waals surface area contributed by atoms with Gasteiger partial charge >= 0.3 is 0 Å². The van der Waals surface area contributed by atoms with Crippen molar-refractivity contribution in [1.82, 2.24) is 4.98 Å². The molecule has 1 heterocycles. The highest BCUT2D eigenvalue weighted by molar-refractivity contribution is 14.1. The van der Waals surface area contributed by atoms with E-state index in [0.29, 0.717) is 13.7 Å². The predicted octanol–water partition coefficient (Wildman–Crippen LogP) is 4.13. The minimum atomic E-state index is -2.51. The summed E-state index contributed by atoms with van der Waals surface area (Å²) in [5.41, 5.74) is 0.334. The van der Waals surface area contributed by atoms with Crippen molar-refractivity contribution in [2.24, 2.45) is 0 Å². The van der Waals surface area contributed by atoms with Crippen LogP contribution in [0, 0.1) is 3.57 Å². The third kappa shape index (κ3) is 2.50. The molecule has 0 radical (unpaired) electrons. The van der Waals surface area contributed by atoms with Gasteiger partial charge in [0.25, 0.3) is 6.43 Å². The van der Waals surface area contributed by atoms with Crippen LogP contribution in [0.3, 0.4) is 0 Å². The topological polar surface area (TPSA) is 12.9 Å². The Bertz CT molecular complexity index is 322. The quantitative estimate of drug-likeness (QED) is 0.426. The number of hydrogen-bond acceptors (Lipinski definition) is 1. The maximum atomic E-state index is 12.5. The van der Waals surface area contributed by atoms with Gasteiger partial charge in [0.2, 0.25) is 0 Å². The van der Waals surface area contributed by atoms with E-state index in [1.165, 1.54) is 6.20 Å². The van der Waals surface area contributed by atoms with E-state index >= 15 is 0 Å². The Kier molecular flexibility index (Phi) is 4.31. The van der Waals surface area contributed by atoms with Crippen LogP contribution in [0.15, 0.2) is 10.8 Å². The lowest BCUT2D eigenvalue weighted by Gasteiger charge is -2.09. The Hall–Kier alpha value is 0.510. The molecule has 0 unspecified atom stereocenters. The second-order valence-electron chi connectivity index (χ2n) is 2.22. The van der Waals surface area contributed by atoms with Crippen LogP contribution in [-0.2, 0) is 5.88 Å². The molecule has 0 aromatic carbocycles. The Morgan fingerprint density at radius 1 is 1.62 bits per heavy atom. The molecular formula is C7H4BrClF2IN. The zero-order valence-electron chi connectivity index (χ0n) is 6.20. The maximum Gasteiger partial charge on any atom is 0.265 e. The molecule has 1 aromatic heterocycles. The van der Waals surface area contributed by atoms with Gasteiger partial charge in [0, 0.05) is 20.9 Å². The first kappa shape index (κ1) is 11.6. The fourth-order valence-electron chi connectivity index (χ4n) is 0.879. The fraction of sp³-hybridized carbons (Fsp3) is 0.286. The van der Waals surface area contributed by atoms with E-state index in [-0.39, 0.29) is 11.4 Å². The first-order chi connectivity index (χ1) is 6.07. The third-order valence-corrected chi connectivity index (χ3v) is 3.28. The third-order valence-electron chi connectivity index (χ3n) is 1.47. The molecule has 1 aromatic rings. The number of alkyl halides is 3. The number of hydrogen-bond donors (Lipinski definition) is 0. The van der Waals surface area contributed by atoms with Crippen molar-refractivity contribution >= 4 is 50.1 Å². The van der Waals surface area contributed by atoms with Gasteiger partial charge in [-0.25, -0.2) is 13.8 Å². The van der Waals surface area contributed by atoms with Gasteiger partial charge in [-0.15, -0.1) is 11.6 Å². The largest absolute Gasteiger partial charge is 0.265 e. The first-order valence-corrected chi connectivity index (χ1v) is 5.65. The molecule has 0 N–H and O–H groups in total. The van der Waals surface area contributed by atoms with Crippen molar-refractivity contribution < 1.29 is 8.78 Å². The van der Waals surface area contributed by atoms with E-state index < -0.39 is 6.43 Å². The summed E-state index contributed by atoms with van der Waals surface area (Å²) < 4.78 is 25.9. The minimum Gasteiger partial charge on any atom is -0.248 e. The highest BCUT2D eigenvalue weighted by atomic mass is 127. The molecule has 0 saturated carbocycles. The van der Waals surface area contributed by atoms with E-state index in [1.807, 2.05) is 22.6 Å². The summed E-state index contributed by atoms with van der Waals surface area (Å²) in [5.74, 6) is 0.0318. The van der Waals surface area contributed by atoms with Gasteiger partial charge in [-0.2, -0.15) is 0 Å². The van der Waals surface area contributed by atoms with Crippen LogP contribution >= 0.6 is 50.1 Å². The van der Waals surface area contributed by atoms with Crippen LogP contribution in [0.1, 0.15) is 17.6 Å². The number of pyridine rings is 1. The molecule has 0 fully saturated rings. The average molecular weight is 382 g/mol. The monoisotopic (exact) mass is 381 g/mol. The molecule has 0 spiro atoms. The number of rotatable bonds is 2. The smallest absolute Gasteiger partial charge is 0.248 e. The van der Waals surface area contributed by atoms with E-state index in [0.717, 1.165) is 0 Å². The van der Waals surface area contributed by atoms with Gasteiger partial charge in [-0.1, -0.05) is 0 Å². The molecule has 1 nitrogen and oxygen atoms in total. The Labute approximate surface area is 101 Å². The lowest BCUT2D eigenvalue weighted by Crippen LogP contribution is -1.99. The van der Waals surface area contributed by atoms with Gasteiger partial charge in [-0.05, 0) is 38.5 Å². The van der Waals surface area contributed by atoms with Gasteiger partial charge in [0.05, 0.1) is 5.88 Å². The summed E-state index contributed by atoms with van der Waals surface area (Å²) in [6.45, 7) is 0. The highest BCUT2D eigenvalue weighted by Gasteiger charge is 2.19. The SMILES string of the molecule is FC(F)c1c(I)cnc(Br)c1CCl. The van der Waals surface area contributed by atoms with Crippen molar-refractivity contribution in [2.45, 2.75) is 12.3 Å². The normalized spacial score (nSPS) is 10.9. The summed E-state index contributed by atoms with van der Waals surface area (Å²) in [4.78, 5) is 3.88. The molecule has 0 saturated heterocycles. The minimum absolute atomic E-state index is 0.0301. The molecule has 1 rings (SSSR count). The molecule has 0 amide bonds. The van der Waals surface area contributed by atoms with Crippen molar-refractivity contribution in [3.05, 3.63) is 25.5 Å². The summed E-state index contributed by atoms with van der Waals surface area (Å²) in [6, 6.07) is 0. The van der Waals surface area contributed by atoms with Crippen molar-refractivity contribution in [3.8, 4) is 0 Å². The zero-order valence-corrected chi connectivity index (χ0v) is 10.7. The fourth-order valence-corrected chi connectivity index (χ4v) is 2.47. The summed E-state index contributed by atoms with van der Waals surface area (Å²) in [5, 5.41) is 0. The molecule has 13 heavy (non-hydrogen) atoms. The standard InChI is InChI=1S/C7H4BrClF2IN/c8-6-3(1-9)5(7(10)11)4(12)2-13-6/h2,7H,1H2. The van der Waals surface area contributed by atoms with E-state index in [9.17, 15) is 8.78 Å². The Balaban J connectivity index is 3.35. The van der Waals surface area contributed by atoms with Crippen LogP contribution in [0.5, 0.6) is 0 Å². The number of nitrogens with zero attached hydrogens (tertiary/aromatic N) is 1.